The number of benzene rings is 2. The maximum atomic E-state index is 13.3. The van der Waals surface area contributed by atoms with Gasteiger partial charge in [0.15, 0.2) is 11.5 Å². The van der Waals surface area contributed by atoms with Crippen molar-refractivity contribution in [3.63, 3.8) is 0 Å². The number of hydrogen-bond acceptors (Lipinski definition) is 8. The lowest BCUT2D eigenvalue weighted by Gasteiger charge is -2.31. The van der Waals surface area contributed by atoms with E-state index in [1.807, 2.05) is 0 Å². The summed E-state index contributed by atoms with van der Waals surface area (Å²) in [5, 5.41) is 2.86. The highest BCUT2D eigenvalue weighted by Gasteiger charge is 2.34. The molecular weight excluding hydrogens is 534 g/mol. The molecule has 1 amide bonds. The maximum Gasteiger partial charge on any atom is 0.243 e. The molecule has 208 valence electrons. The summed E-state index contributed by atoms with van der Waals surface area (Å²) in [4.78, 5) is 13.2. The Labute approximate surface area is 223 Å². The highest BCUT2D eigenvalue weighted by atomic mass is 32.2. The highest BCUT2D eigenvalue weighted by Crippen LogP contribution is 2.32. The predicted molar refractivity (Wildman–Crippen MR) is 139 cm³/mol. The second-order valence-electron chi connectivity index (χ2n) is 9.10. The lowest BCUT2D eigenvalue weighted by molar-refractivity contribution is -0.126. The van der Waals surface area contributed by atoms with Gasteiger partial charge in [0.25, 0.3) is 0 Å². The fourth-order valence-electron chi connectivity index (χ4n) is 4.55. The Balaban J connectivity index is 1.36. The average Bonchev–Trinajstić information content (AvgIpc) is 2.96. The summed E-state index contributed by atoms with van der Waals surface area (Å²) in [6.45, 7) is 1.98. The van der Waals surface area contributed by atoms with Crippen molar-refractivity contribution in [2.75, 3.05) is 53.6 Å². The highest BCUT2D eigenvalue weighted by molar-refractivity contribution is 7.89. The quantitative estimate of drug-likeness (QED) is 0.482. The van der Waals surface area contributed by atoms with Crippen molar-refractivity contribution in [3.05, 3.63) is 48.0 Å². The topological polar surface area (TPSA) is 132 Å². The monoisotopic (exact) mass is 567 g/mol. The number of nitrogens with zero attached hydrogens (tertiary/aromatic N) is 2. The molecule has 2 aromatic carbocycles. The van der Waals surface area contributed by atoms with Crippen LogP contribution in [0.2, 0.25) is 0 Å². The van der Waals surface area contributed by atoms with Crippen molar-refractivity contribution in [3.8, 4) is 11.5 Å². The minimum Gasteiger partial charge on any atom is -0.493 e. The molecule has 2 aliphatic heterocycles. The van der Waals surface area contributed by atoms with Crippen molar-refractivity contribution >= 4 is 26.0 Å². The Bertz CT molecular complexity index is 1340. The first-order valence-electron chi connectivity index (χ1n) is 12.3. The molecule has 2 heterocycles. The summed E-state index contributed by atoms with van der Waals surface area (Å²) in [5.41, 5.74) is 0.741. The first-order chi connectivity index (χ1) is 18.2. The molecule has 11 nitrogen and oxygen atoms in total. The number of morpholine rings is 1. The van der Waals surface area contributed by atoms with Gasteiger partial charge in [-0.1, -0.05) is 12.1 Å². The van der Waals surface area contributed by atoms with Gasteiger partial charge in [-0.15, -0.1) is 0 Å². The number of carbonyl (C=O) groups is 1. The van der Waals surface area contributed by atoms with E-state index >= 15 is 0 Å². The van der Waals surface area contributed by atoms with E-state index in [-0.39, 0.29) is 28.8 Å². The summed E-state index contributed by atoms with van der Waals surface area (Å²) >= 11 is 0. The van der Waals surface area contributed by atoms with Gasteiger partial charge < -0.3 is 19.5 Å². The molecule has 0 aromatic heterocycles. The molecule has 0 bridgehead atoms. The minimum atomic E-state index is -3.83. The number of piperidine rings is 1. The summed E-state index contributed by atoms with van der Waals surface area (Å²) in [7, 11) is -4.51. The standard InChI is InChI=1S/C25H33N3O8S2/c1-34-23-10-9-22(16-24(23)35-2)38(32,33)28-11-3-4-20(18-28)25(29)26-17-19-5-7-21(8-6-19)37(30,31)27-12-14-36-15-13-27/h5-10,16,20H,3-4,11-15,17-18H2,1-2H3,(H,26,29). The lowest BCUT2D eigenvalue weighted by Crippen LogP contribution is -2.45. The van der Waals surface area contributed by atoms with Gasteiger partial charge in [-0.05, 0) is 42.7 Å². The van der Waals surface area contributed by atoms with Crippen LogP contribution in [0.3, 0.4) is 0 Å². The zero-order chi connectivity index (χ0) is 27.3. The number of sulfonamides is 2. The Kier molecular flexibility index (Phi) is 8.93. The summed E-state index contributed by atoms with van der Waals surface area (Å²) in [6.07, 6.45) is 1.12. The predicted octanol–water partition coefficient (Wildman–Crippen LogP) is 1.44. The van der Waals surface area contributed by atoms with Crippen LogP contribution in [0.5, 0.6) is 11.5 Å². The van der Waals surface area contributed by atoms with Gasteiger partial charge in [0, 0.05) is 38.8 Å². The number of hydrogen-bond donors (Lipinski definition) is 1. The molecule has 2 aromatic rings. The molecule has 2 fully saturated rings. The van der Waals surface area contributed by atoms with Gasteiger partial charge in [0.2, 0.25) is 26.0 Å². The fraction of sp³-hybridized carbons (Fsp3) is 0.480. The number of nitrogens with one attached hydrogen (secondary N) is 1. The van der Waals surface area contributed by atoms with Crippen LogP contribution in [0.4, 0.5) is 0 Å². The van der Waals surface area contributed by atoms with Crippen LogP contribution in [0, 0.1) is 5.92 Å². The van der Waals surface area contributed by atoms with Crippen LogP contribution in [0.15, 0.2) is 52.3 Å². The van der Waals surface area contributed by atoms with E-state index in [0.717, 1.165) is 5.56 Å². The number of ether oxygens (including phenoxy) is 3. The van der Waals surface area contributed by atoms with E-state index in [1.165, 1.54) is 53.2 Å². The van der Waals surface area contributed by atoms with Gasteiger partial charge in [-0.25, -0.2) is 16.8 Å². The van der Waals surface area contributed by atoms with Crippen molar-refractivity contribution < 1.29 is 35.8 Å². The molecular formula is C25H33N3O8S2. The molecule has 0 saturated carbocycles. The van der Waals surface area contributed by atoms with E-state index in [9.17, 15) is 21.6 Å². The zero-order valence-corrected chi connectivity index (χ0v) is 23.1. The maximum absolute atomic E-state index is 13.3. The third-order valence-electron chi connectivity index (χ3n) is 6.75. The first-order valence-corrected chi connectivity index (χ1v) is 15.2. The number of carbonyl (C=O) groups excluding carboxylic acids is 1. The van der Waals surface area contributed by atoms with E-state index in [4.69, 9.17) is 14.2 Å². The zero-order valence-electron chi connectivity index (χ0n) is 21.5. The number of methoxy groups -OCH3 is 2. The summed E-state index contributed by atoms with van der Waals surface area (Å²) < 4.78 is 70.5. The summed E-state index contributed by atoms with van der Waals surface area (Å²) in [6, 6.07) is 10.8. The lowest BCUT2D eigenvalue weighted by atomic mass is 9.99. The molecule has 38 heavy (non-hydrogen) atoms. The Morgan fingerprint density at radius 3 is 2.18 bits per heavy atom. The van der Waals surface area contributed by atoms with Crippen LogP contribution >= 0.6 is 0 Å². The Hall–Kier alpha value is -2.71. The molecule has 0 radical (unpaired) electrons. The van der Waals surface area contributed by atoms with Crippen LogP contribution in [0.1, 0.15) is 18.4 Å². The van der Waals surface area contributed by atoms with E-state index < -0.39 is 26.0 Å². The second-order valence-corrected chi connectivity index (χ2v) is 13.0. The van der Waals surface area contributed by atoms with Crippen molar-refractivity contribution in [1.82, 2.24) is 13.9 Å². The number of rotatable bonds is 9. The van der Waals surface area contributed by atoms with Crippen LogP contribution < -0.4 is 14.8 Å². The van der Waals surface area contributed by atoms with Gasteiger partial charge in [-0.3, -0.25) is 4.79 Å². The van der Waals surface area contributed by atoms with Gasteiger partial charge in [0.1, 0.15) is 0 Å². The van der Waals surface area contributed by atoms with Gasteiger partial charge in [-0.2, -0.15) is 8.61 Å². The molecule has 0 spiro atoms. The molecule has 0 aliphatic carbocycles. The van der Waals surface area contributed by atoms with Crippen molar-refractivity contribution in [2.45, 2.75) is 29.2 Å². The molecule has 1 unspecified atom stereocenters. The van der Waals surface area contributed by atoms with Gasteiger partial charge in [0.05, 0.1) is 43.1 Å². The fourth-order valence-corrected chi connectivity index (χ4v) is 7.50. The Morgan fingerprint density at radius 2 is 1.53 bits per heavy atom. The molecule has 13 heteroatoms. The first kappa shape index (κ1) is 28.3. The molecule has 1 N–H and O–H groups in total. The molecule has 4 rings (SSSR count). The van der Waals surface area contributed by atoms with Crippen molar-refractivity contribution in [1.29, 1.82) is 0 Å². The third-order valence-corrected chi connectivity index (χ3v) is 10.5. The van der Waals surface area contributed by atoms with Crippen LogP contribution in [0.25, 0.3) is 0 Å². The molecule has 1 atom stereocenters. The van der Waals surface area contributed by atoms with E-state index in [0.29, 0.717) is 57.2 Å². The van der Waals surface area contributed by atoms with Crippen LogP contribution in [-0.2, 0) is 36.1 Å². The van der Waals surface area contributed by atoms with Gasteiger partial charge >= 0.3 is 0 Å². The second kappa shape index (κ2) is 12.0. The minimum absolute atomic E-state index is 0.0687. The normalized spacial score (nSPS) is 19.6. The average molecular weight is 568 g/mol. The largest absolute Gasteiger partial charge is 0.493 e. The third kappa shape index (κ3) is 6.12. The number of amides is 1. The smallest absolute Gasteiger partial charge is 0.243 e. The van der Waals surface area contributed by atoms with Crippen molar-refractivity contribution in [2.24, 2.45) is 5.92 Å². The van der Waals surface area contributed by atoms with E-state index in [2.05, 4.69) is 5.32 Å². The SMILES string of the molecule is COc1ccc(S(=O)(=O)N2CCCC(C(=O)NCc3ccc(S(=O)(=O)N4CCOCC4)cc3)C2)cc1OC. The molecule has 2 saturated heterocycles. The molecule has 2 aliphatic rings. The van der Waals surface area contributed by atoms with Crippen LogP contribution in [-0.4, -0.2) is 85.0 Å². The van der Waals surface area contributed by atoms with E-state index in [1.54, 1.807) is 12.1 Å². The Morgan fingerprint density at radius 1 is 0.895 bits per heavy atom. The summed E-state index contributed by atoms with van der Waals surface area (Å²) in [5.74, 6) is -0.0143.